The normalized spacial score (nSPS) is 11.4. The van der Waals surface area contributed by atoms with Crippen molar-refractivity contribution in [2.75, 3.05) is 4.72 Å². The van der Waals surface area contributed by atoms with Gasteiger partial charge in [0.15, 0.2) is 11.6 Å². The molecule has 9 heteroatoms. The van der Waals surface area contributed by atoms with Gasteiger partial charge in [0.2, 0.25) is 5.82 Å². The summed E-state index contributed by atoms with van der Waals surface area (Å²) in [5, 5.41) is 3.83. The molecular formula is C20H13F2N3O3S. The van der Waals surface area contributed by atoms with Crippen LogP contribution in [0.15, 0.2) is 82.2 Å². The van der Waals surface area contributed by atoms with Gasteiger partial charge >= 0.3 is 0 Å². The summed E-state index contributed by atoms with van der Waals surface area (Å²) in [5.74, 6) is -1.73. The van der Waals surface area contributed by atoms with E-state index in [1.165, 1.54) is 18.2 Å². The summed E-state index contributed by atoms with van der Waals surface area (Å²) >= 11 is 0. The molecule has 29 heavy (non-hydrogen) atoms. The minimum atomic E-state index is -3.70. The highest BCUT2D eigenvalue weighted by molar-refractivity contribution is 7.92. The van der Waals surface area contributed by atoms with Crippen LogP contribution < -0.4 is 4.72 Å². The summed E-state index contributed by atoms with van der Waals surface area (Å²) in [7, 11) is -3.70. The van der Waals surface area contributed by atoms with Crippen molar-refractivity contribution in [2.24, 2.45) is 0 Å². The van der Waals surface area contributed by atoms with E-state index >= 15 is 0 Å². The Hall–Kier alpha value is -3.59. The van der Waals surface area contributed by atoms with Crippen molar-refractivity contribution in [3.8, 4) is 22.8 Å². The molecule has 1 heterocycles. The molecule has 1 aromatic heterocycles. The monoisotopic (exact) mass is 413 g/mol. The van der Waals surface area contributed by atoms with Crippen LogP contribution >= 0.6 is 0 Å². The number of aromatic nitrogens is 2. The lowest BCUT2D eigenvalue weighted by Gasteiger charge is -2.08. The molecule has 0 atom stereocenters. The van der Waals surface area contributed by atoms with E-state index in [0.717, 1.165) is 12.1 Å². The number of nitrogens with zero attached hydrogens (tertiary/aromatic N) is 2. The zero-order valence-electron chi connectivity index (χ0n) is 14.7. The topological polar surface area (TPSA) is 85.1 Å². The first-order chi connectivity index (χ1) is 13.9. The lowest BCUT2D eigenvalue weighted by atomic mass is 10.2. The Kier molecular flexibility index (Phi) is 4.81. The molecule has 4 aromatic rings. The van der Waals surface area contributed by atoms with Crippen LogP contribution in [0.2, 0.25) is 0 Å². The zero-order chi connectivity index (χ0) is 20.4. The molecule has 0 saturated carbocycles. The van der Waals surface area contributed by atoms with E-state index < -0.39 is 21.7 Å². The van der Waals surface area contributed by atoms with Crippen molar-refractivity contribution in [1.82, 2.24) is 10.1 Å². The van der Waals surface area contributed by atoms with Crippen LogP contribution in [-0.2, 0) is 10.0 Å². The molecule has 0 aliphatic rings. The largest absolute Gasteiger partial charge is 0.334 e. The van der Waals surface area contributed by atoms with Gasteiger partial charge in [-0.2, -0.15) is 4.98 Å². The van der Waals surface area contributed by atoms with Crippen LogP contribution in [0.3, 0.4) is 0 Å². The summed E-state index contributed by atoms with van der Waals surface area (Å²) < 4.78 is 58.7. The highest BCUT2D eigenvalue weighted by atomic mass is 32.2. The average Bonchev–Trinajstić information content (AvgIpc) is 3.21. The number of halogens is 2. The SMILES string of the molecule is O=S(=O)(Nc1ccc(-c2noc(-c3ccc(F)c(F)c3)n2)cc1)c1ccccc1. The van der Waals surface area contributed by atoms with Gasteiger partial charge in [-0.1, -0.05) is 23.4 Å². The molecule has 0 saturated heterocycles. The van der Waals surface area contributed by atoms with Crippen LogP contribution in [0.5, 0.6) is 0 Å². The first-order valence-electron chi connectivity index (χ1n) is 8.40. The molecule has 0 bridgehead atoms. The highest BCUT2D eigenvalue weighted by Crippen LogP contribution is 2.25. The van der Waals surface area contributed by atoms with E-state index in [2.05, 4.69) is 14.9 Å². The summed E-state index contributed by atoms with van der Waals surface area (Å²) in [6.07, 6.45) is 0. The third-order valence-corrected chi connectivity index (χ3v) is 5.44. The van der Waals surface area contributed by atoms with E-state index in [-0.39, 0.29) is 22.2 Å². The average molecular weight is 413 g/mol. The van der Waals surface area contributed by atoms with E-state index in [9.17, 15) is 17.2 Å². The molecule has 146 valence electrons. The smallest absolute Gasteiger partial charge is 0.261 e. The van der Waals surface area contributed by atoms with Crippen LogP contribution in [-0.4, -0.2) is 18.6 Å². The van der Waals surface area contributed by atoms with Gasteiger partial charge in [-0.15, -0.1) is 0 Å². The van der Waals surface area contributed by atoms with Crippen LogP contribution in [0.25, 0.3) is 22.8 Å². The maximum Gasteiger partial charge on any atom is 0.261 e. The van der Waals surface area contributed by atoms with E-state index in [0.29, 0.717) is 11.3 Å². The summed E-state index contributed by atoms with van der Waals surface area (Å²) in [6, 6.07) is 17.6. The minimum absolute atomic E-state index is 0.0350. The molecule has 0 aliphatic heterocycles. The number of nitrogens with one attached hydrogen (secondary N) is 1. The molecule has 0 unspecified atom stereocenters. The zero-order valence-corrected chi connectivity index (χ0v) is 15.5. The van der Waals surface area contributed by atoms with Crippen molar-refractivity contribution in [2.45, 2.75) is 4.90 Å². The summed E-state index contributed by atoms with van der Waals surface area (Å²) in [6.45, 7) is 0. The number of sulfonamides is 1. The highest BCUT2D eigenvalue weighted by Gasteiger charge is 2.15. The maximum absolute atomic E-state index is 13.4. The third kappa shape index (κ3) is 3.99. The standard InChI is InChI=1S/C20H13F2N3O3S/c21-17-11-8-14(12-18(17)22)20-23-19(24-28-20)13-6-9-15(10-7-13)25-29(26,27)16-4-2-1-3-5-16/h1-12,25H. The van der Waals surface area contributed by atoms with Gasteiger partial charge in [0.05, 0.1) is 4.90 Å². The molecule has 4 rings (SSSR count). The number of hydrogen-bond donors (Lipinski definition) is 1. The fraction of sp³-hybridized carbons (Fsp3) is 0. The summed E-state index contributed by atoms with van der Waals surface area (Å²) in [4.78, 5) is 4.32. The van der Waals surface area contributed by atoms with Crippen molar-refractivity contribution < 1.29 is 21.7 Å². The lowest BCUT2D eigenvalue weighted by Crippen LogP contribution is -2.12. The van der Waals surface area contributed by atoms with E-state index in [1.807, 2.05) is 0 Å². The van der Waals surface area contributed by atoms with Gasteiger partial charge in [-0.05, 0) is 54.6 Å². The van der Waals surface area contributed by atoms with Gasteiger partial charge in [-0.3, -0.25) is 4.72 Å². The second kappa shape index (κ2) is 7.44. The third-order valence-electron chi connectivity index (χ3n) is 4.04. The second-order valence-electron chi connectivity index (χ2n) is 6.05. The minimum Gasteiger partial charge on any atom is -0.334 e. The van der Waals surface area contributed by atoms with Crippen LogP contribution in [0.4, 0.5) is 14.5 Å². The van der Waals surface area contributed by atoms with Crippen molar-refractivity contribution in [3.05, 3.63) is 84.4 Å². The van der Waals surface area contributed by atoms with Gasteiger partial charge in [0.25, 0.3) is 15.9 Å². The molecule has 0 amide bonds. The molecule has 0 radical (unpaired) electrons. The molecule has 3 aromatic carbocycles. The lowest BCUT2D eigenvalue weighted by molar-refractivity contribution is 0.431. The number of anilines is 1. The Morgan fingerprint density at radius 3 is 2.21 bits per heavy atom. The predicted octanol–water partition coefficient (Wildman–Crippen LogP) is 4.48. The Labute approximate surface area is 164 Å². The number of hydrogen-bond acceptors (Lipinski definition) is 5. The molecule has 0 spiro atoms. The van der Waals surface area contributed by atoms with E-state index in [1.54, 1.807) is 42.5 Å². The Morgan fingerprint density at radius 2 is 1.52 bits per heavy atom. The Morgan fingerprint density at radius 1 is 0.828 bits per heavy atom. The quantitative estimate of drug-likeness (QED) is 0.521. The van der Waals surface area contributed by atoms with Crippen molar-refractivity contribution in [3.63, 3.8) is 0 Å². The second-order valence-corrected chi connectivity index (χ2v) is 7.73. The first-order valence-corrected chi connectivity index (χ1v) is 9.88. The van der Waals surface area contributed by atoms with Crippen molar-refractivity contribution in [1.29, 1.82) is 0 Å². The fourth-order valence-electron chi connectivity index (χ4n) is 2.59. The number of benzene rings is 3. The fourth-order valence-corrected chi connectivity index (χ4v) is 3.67. The molecule has 0 aliphatic carbocycles. The van der Waals surface area contributed by atoms with Crippen LogP contribution in [0.1, 0.15) is 0 Å². The molecular weight excluding hydrogens is 400 g/mol. The Bertz CT molecular complexity index is 1260. The van der Waals surface area contributed by atoms with Gasteiger partial charge in [0, 0.05) is 16.8 Å². The summed E-state index contributed by atoms with van der Waals surface area (Å²) in [5.41, 5.74) is 1.17. The maximum atomic E-state index is 13.4. The first kappa shape index (κ1) is 18.8. The van der Waals surface area contributed by atoms with Gasteiger partial charge in [0.1, 0.15) is 0 Å². The van der Waals surface area contributed by atoms with Gasteiger partial charge < -0.3 is 4.52 Å². The van der Waals surface area contributed by atoms with E-state index in [4.69, 9.17) is 4.52 Å². The van der Waals surface area contributed by atoms with Crippen LogP contribution in [0, 0.1) is 11.6 Å². The molecule has 1 N–H and O–H groups in total. The van der Waals surface area contributed by atoms with Crippen molar-refractivity contribution >= 4 is 15.7 Å². The molecule has 0 fully saturated rings. The molecule has 6 nitrogen and oxygen atoms in total. The predicted molar refractivity (Wildman–Crippen MR) is 102 cm³/mol. The Balaban J connectivity index is 1.54. The number of rotatable bonds is 5. The van der Waals surface area contributed by atoms with Gasteiger partial charge in [-0.25, -0.2) is 17.2 Å².